The van der Waals surface area contributed by atoms with Crippen LogP contribution in [0.3, 0.4) is 0 Å². The van der Waals surface area contributed by atoms with E-state index in [-0.39, 0.29) is 6.04 Å². The molecule has 1 unspecified atom stereocenters. The van der Waals surface area contributed by atoms with Crippen LogP contribution in [0.15, 0.2) is 35.2 Å². The summed E-state index contributed by atoms with van der Waals surface area (Å²) in [5.74, 6) is 0.584. The van der Waals surface area contributed by atoms with Crippen LogP contribution in [0.4, 0.5) is 0 Å². The minimum absolute atomic E-state index is 0.243. The molecule has 0 spiro atoms. The van der Waals surface area contributed by atoms with Crippen molar-refractivity contribution in [2.24, 2.45) is 5.92 Å². The topological polar surface area (TPSA) is 37.4 Å². The first kappa shape index (κ1) is 13.1. The predicted molar refractivity (Wildman–Crippen MR) is 75.3 cm³/mol. The van der Waals surface area contributed by atoms with Gasteiger partial charge in [0, 0.05) is 12.6 Å². The van der Waals surface area contributed by atoms with Crippen molar-refractivity contribution in [3.8, 4) is 0 Å². The summed E-state index contributed by atoms with van der Waals surface area (Å²) >= 11 is 0. The smallest absolute Gasteiger partial charge is 0.207 e. The summed E-state index contributed by atoms with van der Waals surface area (Å²) in [6.45, 7) is 0.693. The van der Waals surface area contributed by atoms with Gasteiger partial charge in [-0.15, -0.1) is 0 Å². The minimum atomic E-state index is -3.29. The fourth-order valence-electron chi connectivity index (χ4n) is 3.61. The van der Waals surface area contributed by atoms with E-state index < -0.39 is 10.0 Å². The molecule has 2 aliphatic rings. The lowest BCUT2D eigenvalue weighted by Crippen LogP contribution is -2.39. The maximum absolute atomic E-state index is 12.7. The number of sulfonamides is 1. The molecule has 1 saturated heterocycles. The van der Waals surface area contributed by atoms with Crippen molar-refractivity contribution in [1.82, 2.24) is 4.31 Å². The molecule has 19 heavy (non-hydrogen) atoms. The van der Waals surface area contributed by atoms with Gasteiger partial charge in [-0.2, -0.15) is 4.31 Å². The second-order valence-corrected chi connectivity index (χ2v) is 7.57. The molecule has 1 saturated carbocycles. The highest BCUT2D eigenvalue weighted by molar-refractivity contribution is 7.89. The van der Waals surface area contributed by atoms with Gasteiger partial charge in [-0.05, 0) is 43.7 Å². The molecule has 1 aromatic carbocycles. The molecule has 0 aromatic heterocycles. The van der Waals surface area contributed by atoms with Gasteiger partial charge in [-0.25, -0.2) is 8.42 Å². The standard InChI is InChI=1S/C15H21NO2S/c17-19(18,14-9-2-1-3-10-14)16-12-6-11-15(16)13-7-4-5-8-13/h1-3,9-10,13,15H,4-8,11-12H2. The van der Waals surface area contributed by atoms with E-state index in [0.717, 1.165) is 12.8 Å². The summed E-state index contributed by atoms with van der Waals surface area (Å²) in [5, 5.41) is 0. The van der Waals surface area contributed by atoms with Crippen LogP contribution in [0.1, 0.15) is 38.5 Å². The Balaban J connectivity index is 1.87. The van der Waals surface area contributed by atoms with Gasteiger partial charge in [0.05, 0.1) is 4.90 Å². The lowest BCUT2D eigenvalue weighted by Gasteiger charge is -2.28. The third-order valence-electron chi connectivity index (χ3n) is 4.54. The molecule has 2 fully saturated rings. The SMILES string of the molecule is O=S(=O)(c1ccccc1)N1CCCC1C1CCCC1. The predicted octanol–water partition coefficient (Wildman–Crippen LogP) is 3.03. The van der Waals surface area contributed by atoms with E-state index in [1.807, 2.05) is 6.07 Å². The highest BCUT2D eigenvalue weighted by Crippen LogP contribution is 2.37. The molecule has 0 amide bonds. The summed E-state index contributed by atoms with van der Waals surface area (Å²) in [5.41, 5.74) is 0. The Hall–Kier alpha value is -0.870. The molecular formula is C15H21NO2S. The zero-order valence-corrected chi connectivity index (χ0v) is 12.0. The maximum atomic E-state index is 12.7. The van der Waals surface area contributed by atoms with Gasteiger partial charge in [-0.3, -0.25) is 0 Å². The van der Waals surface area contributed by atoms with Crippen LogP contribution in [0.25, 0.3) is 0 Å². The molecule has 0 N–H and O–H groups in total. The van der Waals surface area contributed by atoms with Crippen molar-refractivity contribution in [1.29, 1.82) is 0 Å². The van der Waals surface area contributed by atoms with Crippen molar-refractivity contribution in [3.63, 3.8) is 0 Å². The van der Waals surface area contributed by atoms with Crippen LogP contribution in [0, 0.1) is 5.92 Å². The fourth-order valence-corrected chi connectivity index (χ4v) is 5.38. The van der Waals surface area contributed by atoms with Crippen LogP contribution in [-0.4, -0.2) is 25.3 Å². The highest BCUT2D eigenvalue weighted by atomic mass is 32.2. The Morgan fingerprint density at radius 2 is 1.63 bits per heavy atom. The van der Waals surface area contributed by atoms with Crippen LogP contribution in [-0.2, 0) is 10.0 Å². The maximum Gasteiger partial charge on any atom is 0.243 e. The third-order valence-corrected chi connectivity index (χ3v) is 6.48. The van der Waals surface area contributed by atoms with Crippen LogP contribution < -0.4 is 0 Å². The van der Waals surface area contributed by atoms with Crippen molar-refractivity contribution < 1.29 is 8.42 Å². The van der Waals surface area contributed by atoms with Crippen LogP contribution in [0.5, 0.6) is 0 Å². The molecule has 1 atom stereocenters. The van der Waals surface area contributed by atoms with Gasteiger partial charge >= 0.3 is 0 Å². The molecule has 1 heterocycles. The zero-order valence-electron chi connectivity index (χ0n) is 11.2. The average molecular weight is 279 g/mol. The first-order valence-corrected chi connectivity index (χ1v) is 8.70. The Labute approximate surface area is 115 Å². The van der Waals surface area contributed by atoms with E-state index in [2.05, 4.69) is 0 Å². The second-order valence-electron chi connectivity index (χ2n) is 5.68. The Bertz CT molecular complexity index is 520. The summed E-state index contributed by atoms with van der Waals surface area (Å²) in [7, 11) is -3.29. The van der Waals surface area contributed by atoms with E-state index in [0.29, 0.717) is 17.4 Å². The molecular weight excluding hydrogens is 258 g/mol. The van der Waals surface area contributed by atoms with Gasteiger partial charge in [-0.1, -0.05) is 31.0 Å². The summed E-state index contributed by atoms with van der Waals surface area (Å²) in [6.07, 6.45) is 6.97. The van der Waals surface area contributed by atoms with Crippen LogP contribution in [0.2, 0.25) is 0 Å². The first-order chi connectivity index (χ1) is 9.19. The number of rotatable bonds is 3. The molecule has 4 heteroatoms. The fraction of sp³-hybridized carbons (Fsp3) is 0.600. The van der Waals surface area contributed by atoms with Gasteiger partial charge in [0.25, 0.3) is 0 Å². The Kier molecular flexibility index (Phi) is 3.63. The van der Waals surface area contributed by atoms with Gasteiger partial charge < -0.3 is 0 Å². The lowest BCUT2D eigenvalue weighted by atomic mass is 9.97. The van der Waals surface area contributed by atoms with E-state index >= 15 is 0 Å². The van der Waals surface area contributed by atoms with E-state index in [9.17, 15) is 8.42 Å². The molecule has 3 nitrogen and oxygen atoms in total. The minimum Gasteiger partial charge on any atom is -0.207 e. The number of benzene rings is 1. The number of nitrogens with zero attached hydrogens (tertiary/aromatic N) is 1. The van der Waals surface area contributed by atoms with E-state index in [1.165, 1.54) is 25.7 Å². The van der Waals surface area contributed by atoms with E-state index in [1.54, 1.807) is 28.6 Å². The molecule has 1 aliphatic carbocycles. The first-order valence-electron chi connectivity index (χ1n) is 7.26. The average Bonchev–Trinajstić information content (AvgIpc) is 3.10. The molecule has 104 valence electrons. The zero-order chi connectivity index (χ0) is 13.3. The summed E-state index contributed by atoms with van der Waals surface area (Å²) in [4.78, 5) is 0.444. The number of hydrogen-bond acceptors (Lipinski definition) is 2. The largest absolute Gasteiger partial charge is 0.243 e. The summed E-state index contributed by atoms with van der Waals surface area (Å²) < 4.78 is 27.2. The number of hydrogen-bond donors (Lipinski definition) is 0. The van der Waals surface area contributed by atoms with Gasteiger partial charge in [0.15, 0.2) is 0 Å². The molecule has 0 radical (unpaired) electrons. The monoisotopic (exact) mass is 279 g/mol. The molecule has 1 aromatic rings. The van der Waals surface area contributed by atoms with Gasteiger partial charge in [0.2, 0.25) is 10.0 Å². The van der Waals surface area contributed by atoms with Crippen LogP contribution >= 0.6 is 0 Å². The Morgan fingerprint density at radius 1 is 0.947 bits per heavy atom. The quantitative estimate of drug-likeness (QED) is 0.853. The lowest BCUT2D eigenvalue weighted by molar-refractivity contribution is 0.288. The van der Waals surface area contributed by atoms with E-state index in [4.69, 9.17) is 0 Å². The normalized spacial score (nSPS) is 26.0. The second kappa shape index (κ2) is 5.25. The van der Waals surface area contributed by atoms with Crippen molar-refractivity contribution in [3.05, 3.63) is 30.3 Å². The highest BCUT2D eigenvalue weighted by Gasteiger charge is 2.40. The third kappa shape index (κ3) is 2.43. The van der Waals surface area contributed by atoms with Gasteiger partial charge in [0.1, 0.15) is 0 Å². The summed E-state index contributed by atoms with van der Waals surface area (Å²) in [6, 6.07) is 9.12. The molecule has 3 rings (SSSR count). The van der Waals surface area contributed by atoms with Crippen molar-refractivity contribution in [2.45, 2.75) is 49.5 Å². The molecule has 0 bridgehead atoms. The molecule has 1 aliphatic heterocycles. The van der Waals surface area contributed by atoms with Crippen molar-refractivity contribution >= 4 is 10.0 Å². The Morgan fingerprint density at radius 3 is 2.32 bits per heavy atom. The van der Waals surface area contributed by atoms with Crippen molar-refractivity contribution in [2.75, 3.05) is 6.54 Å².